The molecule has 1 spiro atoms. The van der Waals surface area contributed by atoms with Gasteiger partial charge in [-0.3, -0.25) is 9.59 Å². The molecule has 12 atom stereocenters. The summed E-state index contributed by atoms with van der Waals surface area (Å²) in [5.41, 5.74) is 0.766. The first kappa shape index (κ1) is 25.3. The predicted octanol–water partition coefficient (Wildman–Crippen LogP) is 5.90. The summed E-state index contributed by atoms with van der Waals surface area (Å²) in [6, 6.07) is 0.245. The molecule has 1 N–H and O–H groups in total. The van der Waals surface area contributed by atoms with Gasteiger partial charge in [-0.2, -0.15) is 0 Å². The second-order valence-electron chi connectivity index (χ2n) is 14.6. The van der Waals surface area contributed by atoms with Crippen molar-refractivity contribution in [3.8, 4) is 0 Å². The topological polar surface area (TPSA) is 64.6 Å². The minimum atomic E-state index is -0.318. The zero-order valence-electron chi connectivity index (χ0n) is 23.3. The normalized spacial score (nSPS) is 53.8. The summed E-state index contributed by atoms with van der Waals surface area (Å²) in [5.74, 6) is 4.42. The van der Waals surface area contributed by atoms with E-state index in [1.807, 2.05) is 0 Å². The Balaban J connectivity index is 1.16. The van der Waals surface area contributed by atoms with Gasteiger partial charge in [-0.05, 0) is 111 Å². The molecule has 2 heterocycles. The van der Waals surface area contributed by atoms with Crippen LogP contribution in [0.3, 0.4) is 0 Å². The number of ether oxygens (including phenoxy) is 2. The van der Waals surface area contributed by atoms with Gasteiger partial charge in [0.1, 0.15) is 5.78 Å². The summed E-state index contributed by atoms with van der Waals surface area (Å²) in [5, 5.41) is 3.19. The van der Waals surface area contributed by atoms with Crippen LogP contribution in [0.1, 0.15) is 105 Å². The van der Waals surface area contributed by atoms with Crippen LogP contribution in [-0.2, 0) is 19.1 Å². The predicted molar refractivity (Wildman–Crippen MR) is 139 cm³/mol. The maximum atomic E-state index is 12.2. The van der Waals surface area contributed by atoms with Crippen molar-refractivity contribution in [2.75, 3.05) is 6.61 Å². The highest BCUT2D eigenvalue weighted by Gasteiger charge is 2.69. The maximum Gasteiger partial charge on any atom is 0.227 e. The number of amides is 1. The smallest absolute Gasteiger partial charge is 0.227 e. The molecular formula is C31H49NO4. The first-order chi connectivity index (χ1) is 17.1. The van der Waals surface area contributed by atoms with Gasteiger partial charge in [0.05, 0.1) is 19.1 Å². The van der Waals surface area contributed by atoms with Crippen LogP contribution >= 0.6 is 0 Å². The van der Waals surface area contributed by atoms with Gasteiger partial charge in [-0.15, -0.1) is 0 Å². The van der Waals surface area contributed by atoms with Gasteiger partial charge in [-0.25, -0.2) is 0 Å². The van der Waals surface area contributed by atoms with Crippen molar-refractivity contribution >= 4 is 11.7 Å². The van der Waals surface area contributed by atoms with Crippen LogP contribution in [0.25, 0.3) is 0 Å². The van der Waals surface area contributed by atoms with E-state index >= 15 is 0 Å². The van der Waals surface area contributed by atoms with E-state index in [2.05, 4.69) is 33.0 Å². The van der Waals surface area contributed by atoms with Crippen LogP contribution < -0.4 is 5.32 Å². The van der Waals surface area contributed by atoms with Crippen LogP contribution in [-0.4, -0.2) is 36.2 Å². The second-order valence-corrected chi connectivity index (χ2v) is 14.6. The quantitative estimate of drug-likeness (QED) is 0.491. The molecule has 6 aliphatic rings. The Morgan fingerprint density at radius 3 is 2.42 bits per heavy atom. The number of hydrogen-bond acceptors (Lipinski definition) is 4. The van der Waals surface area contributed by atoms with Crippen molar-refractivity contribution in [3.63, 3.8) is 0 Å². The number of carbonyl (C=O) groups is 2. The van der Waals surface area contributed by atoms with Gasteiger partial charge in [0.15, 0.2) is 5.79 Å². The van der Waals surface area contributed by atoms with Crippen molar-refractivity contribution in [1.82, 2.24) is 5.32 Å². The number of Topliss-reactive ketones (excluding diaryl/α,β-unsaturated/α-hetero) is 1. The van der Waals surface area contributed by atoms with Crippen LogP contribution in [0.5, 0.6) is 0 Å². The zero-order valence-corrected chi connectivity index (χ0v) is 23.3. The summed E-state index contributed by atoms with van der Waals surface area (Å²) in [6.45, 7) is 12.3. The van der Waals surface area contributed by atoms with E-state index in [1.54, 1.807) is 0 Å². The highest BCUT2D eigenvalue weighted by Crippen LogP contribution is 2.71. The first-order valence-electron chi connectivity index (χ1n) is 15.2. The summed E-state index contributed by atoms with van der Waals surface area (Å²) in [6.07, 6.45) is 12.6. The Morgan fingerprint density at radius 2 is 1.69 bits per heavy atom. The molecule has 36 heavy (non-hydrogen) atoms. The molecule has 5 nitrogen and oxygen atoms in total. The lowest BCUT2D eigenvalue weighted by Crippen LogP contribution is -2.56. The van der Waals surface area contributed by atoms with E-state index in [0.29, 0.717) is 40.6 Å². The largest absolute Gasteiger partial charge is 0.353 e. The van der Waals surface area contributed by atoms with Crippen LogP contribution in [0.4, 0.5) is 0 Å². The van der Waals surface area contributed by atoms with Crippen molar-refractivity contribution in [3.05, 3.63) is 0 Å². The summed E-state index contributed by atoms with van der Waals surface area (Å²) in [7, 11) is 0. The average molecular weight is 500 g/mol. The lowest BCUT2D eigenvalue weighted by atomic mass is 9.44. The summed E-state index contributed by atoms with van der Waals surface area (Å²) >= 11 is 0. The molecule has 0 aromatic rings. The Labute approximate surface area is 218 Å². The summed E-state index contributed by atoms with van der Waals surface area (Å²) < 4.78 is 13.4. The average Bonchev–Trinajstić information content (AvgIpc) is 3.26. The molecule has 202 valence electrons. The monoisotopic (exact) mass is 499 g/mol. The molecule has 2 aliphatic heterocycles. The third-order valence-corrected chi connectivity index (χ3v) is 12.7. The second kappa shape index (κ2) is 8.79. The van der Waals surface area contributed by atoms with Crippen molar-refractivity contribution in [1.29, 1.82) is 0 Å². The van der Waals surface area contributed by atoms with E-state index < -0.39 is 0 Å². The molecule has 0 radical (unpaired) electrons. The lowest BCUT2D eigenvalue weighted by molar-refractivity contribution is -0.273. The fraction of sp³-hybridized carbons (Fsp3) is 0.935. The highest BCUT2D eigenvalue weighted by molar-refractivity contribution is 5.96. The highest BCUT2D eigenvalue weighted by atomic mass is 16.7. The molecule has 0 bridgehead atoms. The number of carbonyl (C=O) groups excluding carboxylic acids is 2. The van der Waals surface area contributed by atoms with Crippen LogP contribution in [0.2, 0.25) is 0 Å². The first-order valence-corrected chi connectivity index (χ1v) is 15.2. The molecule has 0 aromatic heterocycles. The third-order valence-electron chi connectivity index (χ3n) is 12.7. The SMILES string of the molecule is CC(=O)CC(=O)N[C@H]1CC[C@]2(C)C3CC[C@@]4(C)C(C[C@@H]5O[C@]6(CC[C@H](C)CO6)[C@@H](C)[C@@H]54)[C@@H]3CC[C@@H]2C1. The Bertz CT molecular complexity index is 895. The molecule has 0 aromatic carbocycles. The van der Waals surface area contributed by atoms with Gasteiger partial charge in [0, 0.05) is 18.4 Å². The molecule has 4 saturated carbocycles. The fourth-order valence-electron chi connectivity index (χ4n) is 10.9. The maximum absolute atomic E-state index is 12.2. The lowest BCUT2D eigenvalue weighted by Gasteiger charge is -2.61. The van der Waals surface area contributed by atoms with Crippen molar-refractivity contribution < 1.29 is 19.1 Å². The molecule has 2 saturated heterocycles. The van der Waals surface area contributed by atoms with Gasteiger partial charge >= 0.3 is 0 Å². The standard InChI is InChI=1S/C31H49NO4/c1-18-8-13-31(35-17-18)20(3)28-26(36-31)16-25-23-7-6-21-15-22(32-27(34)14-19(2)33)9-11-29(21,4)24(23)10-12-30(25,28)5/h18,20-26,28H,6-17H2,1-5H3,(H,32,34)/t18-,20-,21+,22-,23+,24?,25?,26-,28-,29-,30-,31+/m0/s1. The van der Waals surface area contributed by atoms with E-state index in [-0.39, 0.29) is 29.9 Å². The number of fused-ring (bicyclic) bond motifs is 7. The van der Waals surface area contributed by atoms with E-state index in [0.717, 1.165) is 43.6 Å². The van der Waals surface area contributed by atoms with E-state index in [9.17, 15) is 9.59 Å². The zero-order chi connectivity index (χ0) is 25.5. The Kier molecular flexibility index (Phi) is 6.19. The van der Waals surface area contributed by atoms with Crippen molar-refractivity contribution in [2.24, 2.45) is 52.3 Å². The van der Waals surface area contributed by atoms with Gasteiger partial charge in [0.2, 0.25) is 5.91 Å². The van der Waals surface area contributed by atoms with Gasteiger partial charge in [0.25, 0.3) is 0 Å². The Hall–Kier alpha value is -0.940. The molecule has 4 aliphatic carbocycles. The minimum absolute atomic E-state index is 0.0254. The minimum Gasteiger partial charge on any atom is -0.353 e. The number of rotatable bonds is 3. The molecular weight excluding hydrogens is 450 g/mol. The fourth-order valence-corrected chi connectivity index (χ4v) is 10.9. The van der Waals surface area contributed by atoms with E-state index in [1.165, 1.54) is 51.9 Å². The summed E-state index contributed by atoms with van der Waals surface area (Å²) in [4.78, 5) is 23.6. The number of nitrogens with one attached hydrogen (secondary N) is 1. The third kappa shape index (κ3) is 3.76. The van der Waals surface area contributed by atoms with Gasteiger partial charge in [-0.1, -0.05) is 27.7 Å². The molecule has 1 amide bonds. The molecule has 6 fully saturated rings. The molecule has 5 heteroatoms. The number of hydrogen-bond donors (Lipinski definition) is 1. The Morgan fingerprint density at radius 1 is 0.917 bits per heavy atom. The van der Waals surface area contributed by atoms with Gasteiger partial charge < -0.3 is 14.8 Å². The molecule has 2 unspecified atom stereocenters. The van der Waals surface area contributed by atoms with Crippen LogP contribution in [0.15, 0.2) is 0 Å². The number of ketones is 1. The van der Waals surface area contributed by atoms with E-state index in [4.69, 9.17) is 9.47 Å². The van der Waals surface area contributed by atoms with Crippen LogP contribution in [0, 0.1) is 52.3 Å². The van der Waals surface area contributed by atoms with Crippen molar-refractivity contribution in [2.45, 2.75) is 123 Å². The molecule has 6 rings (SSSR count).